The molecule has 2 N–H and O–H groups in total. The summed E-state index contributed by atoms with van der Waals surface area (Å²) in [5.41, 5.74) is 2.09. The molecule has 1 aliphatic heterocycles. The summed E-state index contributed by atoms with van der Waals surface area (Å²) in [6.07, 6.45) is 0.904. The highest BCUT2D eigenvalue weighted by atomic mass is 35.5. The van der Waals surface area contributed by atoms with E-state index in [0.29, 0.717) is 24.7 Å². The Hall–Kier alpha value is -2.24. The Morgan fingerprint density at radius 3 is 2.65 bits per heavy atom. The second-order valence-electron chi connectivity index (χ2n) is 6.17. The Morgan fingerprint density at radius 2 is 1.96 bits per heavy atom. The fourth-order valence-electron chi connectivity index (χ4n) is 2.89. The summed E-state index contributed by atoms with van der Waals surface area (Å²) in [6, 6.07) is 15.8. The lowest BCUT2D eigenvalue weighted by atomic mass is 10.1. The van der Waals surface area contributed by atoms with Crippen LogP contribution in [0.25, 0.3) is 0 Å². The highest BCUT2D eigenvalue weighted by molar-refractivity contribution is 5.85. The lowest BCUT2D eigenvalue weighted by Crippen LogP contribution is -2.31. The van der Waals surface area contributed by atoms with Crippen LogP contribution in [0, 0.1) is 5.92 Å². The van der Waals surface area contributed by atoms with Gasteiger partial charge in [0.2, 0.25) is 5.91 Å². The Labute approximate surface area is 160 Å². The van der Waals surface area contributed by atoms with E-state index in [-0.39, 0.29) is 24.2 Å². The minimum atomic E-state index is 0. The molecule has 0 spiro atoms. The predicted molar refractivity (Wildman–Crippen MR) is 104 cm³/mol. The molecule has 0 bridgehead atoms. The zero-order valence-electron chi connectivity index (χ0n) is 14.9. The van der Waals surface area contributed by atoms with Crippen LogP contribution in [-0.2, 0) is 17.9 Å². The monoisotopic (exact) mass is 376 g/mol. The molecule has 0 aliphatic carbocycles. The molecule has 5 nitrogen and oxygen atoms in total. The summed E-state index contributed by atoms with van der Waals surface area (Å²) >= 11 is 0. The van der Waals surface area contributed by atoms with Gasteiger partial charge < -0.3 is 20.1 Å². The van der Waals surface area contributed by atoms with Crippen molar-refractivity contribution in [2.45, 2.75) is 19.6 Å². The highest BCUT2D eigenvalue weighted by Gasteiger charge is 2.21. The van der Waals surface area contributed by atoms with Crippen LogP contribution in [0.4, 0.5) is 0 Å². The SMILES string of the molecule is COc1cc(CNC(=O)C2CCNC2)ccc1OCc1ccccc1.Cl. The maximum absolute atomic E-state index is 12.1. The summed E-state index contributed by atoms with van der Waals surface area (Å²) in [5, 5.41) is 6.20. The van der Waals surface area contributed by atoms with E-state index in [9.17, 15) is 4.79 Å². The number of amides is 1. The van der Waals surface area contributed by atoms with Crippen LogP contribution in [0.3, 0.4) is 0 Å². The number of nitrogens with one attached hydrogen (secondary N) is 2. The van der Waals surface area contributed by atoms with Gasteiger partial charge in [-0.1, -0.05) is 36.4 Å². The molecular weight excluding hydrogens is 352 g/mol. The molecule has 1 saturated heterocycles. The minimum Gasteiger partial charge on any atom is -0.493 e. The van der Waals surface area contributed by atoms with Gasteiger partial charge in [-0.3, -0.25) is 4.79 Å². The van der Waals surface area contributed by atoms with Gasteiger partial charge in [0.25, 0.3) is 0 Å². The number of carbonyl (C=O) groups excluding carboxylic acids is 1. The molecule has 0 saturated carbocycles. The normalized spacial score (nSPS) is 15.8. The van der Waals surface area contributed by atoms with Gasteiger partial charge >= 0.3 is 0 Å². The molecule has 6 heteroatoms. The molecule has 26 heavy (non-hydrogen) atoms. The van der Waals surface area contributed by atoms with Gasteiger partial charge in [0.15, 0.2) is 11.5 Å². The van der Waals surface area contributed by atoms with Crippen LogP contribution in [0.1, 0.15) is 17.5 Å². The molecule has 1 aliphatic rings. The van der Waals surface area contributed by atoms with Crippen LogP contribution >= 0.6 is 12.4 Å². The van der Waals surface area contributed by atoms with Crippen LogP contribution in [0.15, 0.2) is 48.5 Å². The number of hydrogen-bond acceptors (Lipinski definition) is 4. The molecule has 1 heterocycles. The van der Waals surface area contributed by atoms with Crippen molar-refractivity contribution in [1.29, 1.82) is 0 Å². The van der Waals surface area contributed by atoms with Gasteiger partial charge in [0.05, 0.1) is 13.0 Å². The fourth-order valence-corrected chi connectivity index (χ4v) is 2.89. The predicted octanol–water partition coefficient (Wildman–Crippen LogP) is 2.92. The van der Waals surface area contributed by atoms with E-state index >= 15 is 0 Å². The van der Waals surface area contributed by atoms with E-state index in [1.165, 1.54) is 0 Å². The lowest BCUT2D eigenvalue weighted by molar-refractivity contribution is -0.124. The first-order chi connectivity index (χ1) is 12.3. The number of carbonyl (C=O) groups is 1. The van der Waals surface area contributed by atoms with Crippen LogP contribution in [0.2, 0.25) is 0 Å². The molecular formula is C20H25ClN2O3. The third-order valence-electron chi connectivity index (χ3n) is 4.36. The van der Waals surface area contributed by atoms with Crippen molar-refractivity contribution in [1.82, 2.24) is 10.6 Å². The van der Waals surface area contributed by atoms with Gasteiger partial charge in [-0.15, -0.1) is 12.4 Å². The molecule has 2 aromatic rings. The molecule has 2 aromatic carbocycles. The summed E-state index contributed by atoms with van der Waals surface area (Å²) < 4.78 is 11.3. The van der Waals surface area contributed by atoms with Crippen molar-refractivity contribution in [3.8, 4) is 11.5 Å². The fraction of sp³-hybridized carbons (Fsp3) is 0.350. The summed E-state index contributed by atoms with van der Waals surface area (Å²) in [6.45, 7) is 2.66. The van der Waals surface area contributed by atoms with Crippen molar-refractivity contribution >= 4 is 18.3 Å². The third-order valence-corrected chi connectivity index (χ3v) is 4.36. The van der Waals surface area contributed by atoms with Crippen molar-refractivity contribution in [2.75, 3.05) is 20.2 Å². The Balaban J connectivity index is 0.00000243. The molecule has 0 aromatic heterocycles. The van der Waals surface area contributed by atoms with Gasteiger partial charge in [-0.05, 0) is 36.2 Å². The second kappa shape index (κ2) is 10.0. The van der Waals surface area contributed by atoms with E-state index in [1.54, 1.807) is 7.11 Å². The maximum atomic E-state index is 12.1. The molecule has 0 radical (unpaired) electrons. The zero-order chi connectivity index (χ0) is 17.5. The second-order valence-corrected chi connectivity index (χ2v) is 6.17. The zero-order valence-corrected chi connectivity index (χ0v) is 15.7. The van der Waals surface area contributed by atoms with E-state index in [2.05, 4.69) is 10.6 Å². The third kappa shape index (κ3) is 5.38. The molecule has 1 atom stereocenters. The van der Waals surface area contributed by atoms with Gasteiger partial charge in [-0.25, -0.2) is 0 Å². The Morgan fingerprint density at radius 1 is 1.15 bits per heavy atom. The molecule has 1 fully saturated rings. The molecule has 1 amide bonds. The smallest absolute Gasteiger partial charge is 0.224 e. The summed E-state index contributed by atoms with van der Waals surface area (Å²) in [4.78, 5) is 12.1. The van der Waals surface area contributed by atoms with E-state index < -0.39 is 0 Å². The summed E-state index contributed by atoms with van der Waals surface area (Å²) in [5.74, 6) is 1.55. The molecule has 1 unspecified atom stereocenters. The van der Waals surface area contributed by atoms with Crippen molar-refractivity contribution < 1.29 is 14.3 Å². The van der Waals surface area contributed by atoms with Gasteiger partial charge in [0.1, 0.15) is 6.61 Å². The topological polar surface area (TPSA) is 59.6 Å². The average molecular weight is 377 g/mol. The number of methoxy groups -OCH3 is 1. The van der Waals surface area contributed by atoms with Crippen LogP contribution < -0.4 is 20.1 Å². The number of halogens is 1. The summed E-state index contributed by atoms with van der Waals surface area (Å²) in [7, 11) is 1.62. The number of hydrogen-bond donors (Lipinski definition) is 2. The first-order valence-corrected chi connectivity index (χ1v) is 8.58. The number of ether oxygens (including phenoxy) is 2. The minimum absolute atomic E-state index is 0. The Kier molecular flexibility index (Phi) is 7.75. The number of rotatable bonds is 7. The van der Waals surface area contributed by atoms with Crippen molar-refractivity contribution in [3.05, 3.63) is 59.7 Å². The van der Waals surface area contributed by atoms with Crippen molar-refractivity contribution in [2.24, 2.45) is 5.92 Å². The average Bonchev–Trinajstić information content (AvgIpc) is 3.20. The standard InChI is InChI=1S/C20H24N2O3.ClH/c1-24-19-11-16(12-22-20(23)17-9-10-21-13-17)7-8-18(19)25-14-15-5-3-2-4-6-15;/h2-8,11,17,21H,9-10,12-14H2,1H3,(H,22,23);1H. The molecule has 140 valence electrons. The van der Waals surface area contributed by atoms with Gasteiger partial charge in [-0.2, -0.15) is 0 Å². The van der Waals surface area contributed by atoms with Crippen LogP contribution in [-0.4, -0.2) is 26.1 Å². The maximum Gasteiger partial charge on any atom is 0.224 e. The van der Waals surface area contributed by atoms with E-state index in [4.69, 9.17) is 9.47 Å². The molecule has 3 rings (SSSR count). The highest BCUT2D eigenvalue weighted by Crippen LogP contribution is 2.29. The van der Waals surface area contributed by atoms with Crippen LogP contribution in [0.5, 0.6) is 11.5 Å². The Bertz CT molecular complexity index is 703. The first kappa shape index (κ1) is 20.1. The largest absolute Gasteiger partial charge is 0.493 e. The van der Waals surface area contributed by atoms with E-state index in [0.717, 1.165) is 30.6 Å². The van der Waals surface area contributed by atoms with E-state index in [1.807, 2.05) is 48.5 Å². The van der Waals surface area contributed by atoms with Gasteiger partial charge in [0, 0.05) is 13.1 Å². The quantitative estimate of drug-likeness (QED) is 0.780. The first-order valence-electron chi connectivity index (χ1n) is 8.58. The van der Waals surface area contributed by atoms with Crippen molar-refractivity contribution in [3.63, 3.8) is 0 Å². The number of benzene rings is 2. The lowest BCUT2D eigenvalue weighted by Gasteiger charge is -2.14.